The van der Waals surface area contributed by atoms with Gasteiger partial charge in [-0.1, -0.05) is 45.0 Å². The number of nitrogens with one attached hydrogen (secondary N) is 2. The first-order valence-electron chi connectivity index (χ1n) is 12.4. The van der Waals surface area contributed by atoms with Gasteiger partial charge in [0.25, 0.3) is 0 Å². The topological polar surface area (TPSA) is 92.2 Å². The molecule has 8 nitrogen and oxygen atoms in total. The molecule has 186 valence electrons. The van der Waals surface area contributed by atoms with Crippen LogP contribution in [0.25, 0.3) is 0 Å². The Balaban J connectivity index is 1.38. The van der Waals surface area contributed by atoms with Gasteiger partial charge in [0.15, 0.2) is 5.78 Å². The molecule has 1 atom stereocenters. The van der Waals surface area contributed by atoms with Crippen LogP contribution in [-0.2, 0) is 16.1 Å². The third-order valence-corrected chi connectivity index (χ3v) is 6.88. The van der Waals surface area contributed by atoms with Crippen LogP contribution in [0.2, 0.25) is 0 Å². The zero-order valence-corrected chi connectivity index (χ0v) is 21.0. The normalized spacial score (nSPS) is 18.7. The highest BCUT2D eigenvalue weighted by molar-refractivity contribution is 6.02. The van der Waals surface area contributed by atoms with E-state index in [4.69, 9.17) is 0 Å². The lowest BCUT2D eigenvalue weighted by Gasteiger charge is -2.37. The van der Waals surface area contributed by atoms with Gasteiger partial charge in [-0.3, -0.25) is 9.59 Å². The van der Waals surface area contributed by atoms with Crippen molar-refractivity contribution >= 4 is 28.8 Å². The van der Waals surface area contributed by atoms with E-state index in [2.05, 4.69) is 46.4 Å². The van der Waals surface area contributed by atoms with Crippen LogP contribution in [0.4, 0.5) is 17.1 Å². The SMILES string of the molecule is CCC1C2=C(CC(C)(C)CC2=O)Nc2ccccc2N1CC(=O)Nc1ccc(Cn2cncn2)cc1. The molecule has 0 fully saturated rings. The molecule has 2 aliphatic rings. The molecule has 36 heavy (non-hydrogen) atoms. The molecular weight excluding hydrogens is 452 g/mol. The van der Waals surface area contributed by atoms with Crippen LogP contribution in [0.15, 0.2) is 72.5 Å². The third-order valence-electron chi connectivity index (χ3n) is 6.88. The molecule has 1 aliphatic carbocycles. The molecule has 0 spiro atoms. The fraction of sp³-hybridized carbons (Fsp3) is 0.357. The van der Waals surface area contributed by atoms with E-state index in [0.29, 0.717) is 13.0 Å². The number of aromatic nitrogens is 3. The van der Waals surface area contributed by atoms with Gasteiger partial charge in [0.1, 0.15) is 12.7 Å². The van der Waals surface area contributed by atoms with E-state index < -0.39 is 0 Å². The van der Waals surface area contributed by atoms with E-state index in [1.54, 1.807) is 11.0 Å². The van der Waals surface area contributed by atoms with Crippen molar-refractivity contribution in [1.82, 2.24) is 14.8 Å². The standard InChI is InChI=1S/C28H32N6O2/c1-4-23-27-22(13-28(2,3)14-25(27)35)32-21-7-5-6-8-24(21)34(23)16-26(36)31-20-11-9-19(10-12-20)15-33-18-29-17-30-33/h5-12,17-18,23,32H,4,13-16H2,1-3H3,(H,31,36). The largest absolute Gasteiger partial charge is 0.357 e. The molecule has 8 heteroatoms. The maximum Gasteiger partial charge on any atom is 0.243 e. The van der Waals surface area contributed by atoms with Crippen LogP contribution in [0.1, 0.15) is 45.6 Å². The van der Waals surface area contributed by atoms with Crippen molar-refractivity contribution in [3.05, 3.63) is 78.0 Å². The van der Waals surface area contributed by atoms with E-state index in [0.717, 1.165) is 46.7 Å². The van der Waals surface area contributed by atoms with Gasteiger partial charge in [-0.05, 0) is 48.1 Å². The number of hydrogen-bond acceptors (Lipinski definition) is 6. The molecule has 2 heterocycles. The zero-order valence-electron chi connectivity index (χ0n) is 21.0. The molecule has 1 unspecified atom stereocenters. The van der Waals surface area contributed by atoms with Crippen LogP contribution < -0.4 is 15.5 Å². The predicted octanol–water partition coefficient (Wildman–Crippen LogP) is 4.62. The number of amides is 1. The average Bonchev–Trinajstić information content (AvgIpc) is 3.30. The average molecular weight is 485 g/mol. The fourth-order valence-electron chi connectivity index (χ4n) is 5.32. The van der Waals surface area contributed by atoms with Crippen LogP contribution in [-0.4, -0.2) is 39.0 Å². The summed E-state index contributed by atoms with van der Waals surface area (Å²) in [5, 5.41) is 10.7. The second-order valence-corrected chi connectivity index (χ2v) is 10.4. The molecule has 0 radical (unpaired) electrons. The van der Waals surface area contributed by atoms with Crippen molar-refractivity contribution in [2.45, 2.75) is 52.6 Å². The molecule has 0 saturated heterocycles. The van der Waals surface area contributed by atoms with Crippen LogP contribution in [0.5, 0.6) is 0 Å². The van der Waals surface area contributed by atoms with Crippen molar-refractivity contribution in [1.29, 1.82) is 0 Å². The Morgan fingerprint density at radius 3 is 2.64 bits per heavy atom. The minimum absolute atomic E-state index is 0.0945. The Kier molecular flexibility index (Phi) is 6.35. The number of fused-ring (bicyclic) bond motifs is 1. The minimum atomic E-state index is -0.171. The number of rotatable bonds is 6. The second kappa shape index (κ2) is 9.60. The molecule has 1 aromatic heterocycles. The number of allylic oxidation sites excluding steroid dienone is 1. The van der Waals surface area contributed by atoms with Gasteiger partial charge in [-0.2, -0.15) is 5.10 Å². The zero-order chi connectivity index (χ0) is 25.3. The summed E-state index contributed by atoms with van der Waals surface area (Å²) >= 11 is 0. The first kappa shape index (κ1) is 23.8. The number of Topliss-reactive ketones (excluding diaryl/α,β-unsaturated/α-hetero) is 1. The summed E-state index contributed by atoms with van der Waals surface area (Å²) in [7, 11) is 0. The maximum atomic E-state index is 13.4. The number of carbonyl (C=O) groups is 2. The third kappa shape index (κ3) is 4.89. The van der Waals surface area contributed by atoms with Crippen molar-refractivity contribution < 1.29 is 9.59 Å². The lowest BCUT2D eigenvalue weighted by molar-refractivity contribution is -0.119. The first-order valence-corrected chi connectivity index (χ1v) is 12.4. The Bertz CT molecular complexity index is 1290. The van der Waals surface area contributed by atoms with Gasteiger partial charge in [0.2, 0.25) is 5.91 Å². The van der Waals surface area contributed by atoms with E-state index >= 15 is 0 Å². The highest BCUT2D eigenvalue weighted by Crippen LogP contribution is 2.44. The van der Waals surface area contributed by atoms with E-state index in [1.165, 1.54) is 6.33 Å². The number of carbonyl (C=O) groups excluding carboxylic acids is 2. The van der Waals surface area contributed by atoms with Gasteiger partial charge >= 0.3 is 0 Å². The van der Waals surface area contributed by atoms with E-state index in [1.807, 2.05) is 48.5 Å². The molecule has 3 aromatic rings. The lowest BCUT2D eigenvalue weighted by Crippen LogP contribution is -2.44. The number of benzene rings is 2. The molecule has 0 bridgehead atoms. The Labute approximate surface area is 211 Å². The van der Waals surface area contributed by atoms with Gasteiger partial charge in [0.05, 0.1) is 30.5 Å². The Morgan fingerprint density at radius 1 is 1.14 bits per heavy atom. The summed E-state index contributed by atoms with van der Waals surface area (Å²) in [6.07, 6.45) is 5.23. The fourth-order valence-corrected chi connectivity index (χ4v) is 5.32. The summed E-state index contributed by atoms with van der Waals surface area (Å²) in [5.41, 5.74) is 5.37. The number of ketones is 1. The number of para-hydroxylation sites is 2. The number of hydrogen-bond donors (Lipinski definition) is 2. The summed E-state index contributed by atoms with van der Waals surface area (Å²) in [6, 6.07) is 15.5. The van der Waals surface area contributed by atoms with E-state index in [-0.39, 0.29) is 29.7 Å². The number of anilines is 3. The van der Waals surface area contributed by atoms with Crippen LogP contribution in [0, 0.1) is 5.41 Å². The summed E-state index contributed by atoms with van der Waals surface area (Å²) in [6.45, 7) is 7.11. The molecule has 1 amide bonds. The lowest BCUT2D eigenvalue weighted by atomic mass is 9.74. The molecule has 0 saturated carbocycles. The van der Waals surface area contributed by atoms with Gasteiger partial charge in [0, 0.05) is 23.4 Å². The monoisotopic (exact) mass is 484 g/mol. The van der Waals surface area contributed by atoms with Gasteiger partial charge in [-0.25, -0.2) is 9.67 Å². The van der Waals surface area contributed by atoms with Gasteiger partial charge < -0.3 is 15.5 Å². The second-order valence-electron chi connectivity index (χ2n) is 10.4. The quantitative estimate of drug-likeness (QED) is 0.531. The predicted molar refractivity (Wildman–Crippen MR) is 141 cm³/mol. The van der Waals surface area contributed by atoms with Crippen molar-refractivity contribution in [3.8, 4) is 0 Å². The summed E-state index contributed by atoms with van der Waals surface area (Å²) < 4.78 is 1.75. The first-order chi connectivity index (χ1) is 17.3. The van der Waals surface area contributed by atoms with Gasteiger partial charge in [-0.15, -0.1) is 0 Å². The highest BCUT2D eigenvalue weighted by atomic mass is 16.2. The molecule has 2 aromatic carbocycles. The molecule has 2 N–H and O–H groups in total. The highest BCUT2D eigenvalue weighted by Gasteiger charge is 2.40. The van der Waals surface area contributed by atoms with E-state index in [9.17, 15) is 9.59 Å². The molecular formula is C28H32N6O2. The maximum absolute atomic E-state index is 13.4. The number of nitrogens with zero attached hydrogens (tertiary/aromatic N) is 4. The van der Waals surface area contributed by atoms with Crippen LogP contribution >= 0.6 is 0 Å². The van der Waals surface area contributed by atoms with Crippen molar-refractivity contribution in [3.63, 3.8) is 0 Å². The molecule has 1 aliphatic heterocycles. The van der Waals surface area contributed by atoms with Crippen molar-refractivity contribution in [2.75, 3.05) is 22.1 Å². The smallest absolute Gasteiger partial charge is 0.243 e. The Morgan fingerprint density at radius 2 is 1.92 bits per heavy atom. The van der Waals surface area contributed by atoms with Crippen LogP contribution in [0.3, 0.4) is 0 Å². The van der Waals surface area contributed by atoms with Crippen molar-refractivity contribution in [2.24, 2.45) is 5.41 Å². The molecule has 5 rings (SSSR count). The minimum Gasteiger partial charge on any atom is -0.357 e. The summed E-state index contributed by atoms with van der Waals surface area (Å²) in [4.78, 5) is 32.6. The Hall–Kier alpha value is -3.94. The summed E-state index contributed by atoms with van der Waals surface area (Å²) in [5.74, 6) is 0.0432.